The Balaban J connectivity index is 0.00000191. The van der Waals surface area contributed by atoms with Crippen LogP contribution in [0.3, 0.4) is 0 Å². The monoisotopic (exact) mass is 285 g/mol. The van der Waals surface area contributed by atoms with E-state index in [9.17, 15) is 9.70 Å². The highest BCUT2D eigenvalue weighted by molar-refractivity contribution is 5.79. The molecule has 0 aromatic heterocycles. The van der Waals surface area contributed by atoms with Crippen LogP contribution >= 0.6 is 0 Å². The molecular formula is C18H23NO2. The van der Waals surface area contributed by atoms with Crippen molar-refractivity contribution in [3.8, 4) is 0 Å². The second kappa shape index (κ2) is 11.5. The summed E-state index contributed by atoms with van der Waals surface area (Å²) in [4.78, 5) is 21.1. The number of carbonyl (C=O) groups is 1. The van der Waals surface area contributed by atoms with Crippen LogP contribution in [0.25, 0.3) is 5.57 Å². The Morgan fingerprint density at radius 3 is 2.52 bits per heavy atom. The average Bonchev–Trinajstić information content (AvgIpc) is 2.54. The molecule has 112 valence electrons. The van der Waals surface area contributed by atoms with Gasteiger partial charge in [-0.2, -0.15) is 0 Å². The number of carbonyl (C=O) groups excluding carboxylic acids is 1. The molecule has 0 spiro atoms. The van der Waals surface area contributed by atoms with Gasteiger partial charge in [-0.05, 0) is 30.0 Å². The molecule has 0 N–H and O–H groups in total. The summed E-state index contributed by atoms with van der Waals surface area (Å²) in [5.41, 5.74) is 3.09. The van der Waals surface area contributed by atoms with E-state index in [1.165, 1.54) is 0 Å². The summed E-state index contributed by atoms with van der Waals surface area (Å²) in [7, 11) is 0. The van der Waals surface area contributed by atoms with Crippen molar-refractivity contribution in [2.75, 3.05) is 0 Å². The summed E-state index contributed by atoms with van der Waals surface area (Å²) in [6, 6.07) is 7.80. The third-order valence-electron chi connectivity index (χ3n) is 2.68. The van der Waals surface area contributed by atoms with Gasteiger partial charge >= 0.3 is 0 Å². The maximum atomic E-state index is 11.0. The largest absolute Gasteiger partial charge is 0.286 e. The van der Waals surface area contributed by atoms with Crippen molar-refractivity contribution in [1.29, 1.82) is 0 Å². The predicted molar refractivity (Wildman–Crippen MR) is 89.9 cm³/mol. The molecule has 0 bridgehead atoms. The Bertz CT molecular complexity index is 528. The molecule has 0 aliphatic carbocycles. The zero-order chi connectivity index (χ0) is 16.1. The van der Waals surface area contributed by atoms with E-state index in [0.29, 0.717) is 6.42 Å². The molecule has 1 amide bonds. The number of hydrogen-bond donors (Lipinski definition) is 0. The summed E-state index contributed by atoms with van der Waals surface area (Å²) in [5, 5.41) is 2.42. The highest BCUT2D eigenvalue weighted by atomic mass is 16.3. The smallest absolute Gasteiger partial charge is 0.269 e. The number of benzene rings is 1. The molecular weight excluding hydrogens is 262 g/mol. The minimum atomic E-state index is -0.616. The molecule has 0 radical (unpaired) electrons. The third-order valence-corrected chi connectivity index (χ3v) is 2.68. The van der Waals surface area contributed by atoms with Crippen LogP contribution in [0.2, 0.25) is 0 Å². The molecule has 0 saturated heterocycles. The van der Waals surface area contributed by atoms with E-state index in [-0.39, 0.29) is 6.42 Å². The molecule has 0 fully saturated rings. The topological polar surface area (TPSA) is 46.5 Å². The number of amides is 1. The standard InChI is InChI=1S/C16H17NO2.C2H6/c1-3-7-13(8-4-2)15-10-6-5-9-14(15)11-12-16(18)17-19;1-2/h3-10H,1,11-12H2,2H3;1-2H3/b8-4-,13-7+;. The molecule has 0 heterocycles. The average molecular weight is 285 g/mol. The minimum absolute atomic E-state index is 0.137. The van der Waals surface area contributed by atoms with E-state index < -0.39 is 5.91 Å². The highest BCUT2D eigenvalue weighted by Crippen LogP contribution is 2.22. The Morgan fingerprint density at radius 1 is 1.29 bits per heavy atom. The minimum Gasteiger partial charge on any atom is -0.269 e. The van der Waals surface area contributed by atoms with Gasteiger partial charge in [-0.25, -0.2) is 0 Å². The van der Waals surface area contributed by atoms with Gasteiger partial charge in [-0.15, -0.1) is 4.91 Å². The lowest BCUT2D eigenvalue weighted by molar-refractivity contribution is -0.117. The maximum Gasteiger partial charge on any atom is 0.286 e. The van der Waals surface area contributed by atoms with Crippen LogP contribution < -0.4 is 0 Å². The molecule has 0 saturated carbocycles. The van der Waals surface area contributed by atoms with Gasteiger partial charge in [0.15, 0.2) is 0 Å². The lowest BCUT2D eigenvalue weighted by Gasteiger charge is -2.09. The van der Waals surface area contributed by atoms with Crippen molar-refractivity contribution >= 4 is 11.5 Å². The first-order valence-corrected chi connectivity index (χ1v) is 7.12. The van der Waals surface area contributed by atoms with E-state index in [1.807, 2.05) is 63.3 Å². The second-order valence-electron chi connectivity index (χ2n) is 4.00. The molecule has 3 nitrogen and oxygen atoms in total. The van der Waals surface area contributed by atoms with Gasteiger partial charge in [0.2, 0.25) is 0 Å². The van der Waals surface area contributed by atoms with Crippen molar-refractivity contribution in [3.63, 3.8) is 0 Å². The molecule has 0 aliphatic rings. The lowest BCUT2D eigenvalue weighted by Crippen LogP contribution is -1.98. The summed E-state index contributed by atoms with van der Waals surface area (Å²) in [6.07, 6.45) is 8.22. The highest BCUT2D eigenvalue weighted by Gasteiger charge is 2.07. The van der Waals surface area contributed by atoms with Crippen molar-refractivity contribution < 1.29 is 4.79 Å². The van der Waals surface area contributed by atoms with Crippen LogP contribution in [-0.2, 0) is 11.2 Å². The van der Waals surface area contributed by atoms with Crippen molar-refractivity contribution in [1.82, 2.24) is 0 Å². The van der Waals surface area contributed by atoms with Gasteiger partial charge in [-0.3, -0.25) is 4.79 Å². The van der Waals surface area contributed by atoms with Gasteiger partial charge < -0.3 is 0 Å². The number of allylic oxidation sites excluding steroid dienone is 5. The van der Waals surface area contributed by atoms with Crippen LogP contribution in [0, 0.1) is 4.91 Å². The number of rotatable bonds is 6. The van der Waals surface area contributed by atoms with Crippen LogP contribution in [0.4, 0.5) is 0 Å². The molecule has 0 unspecified atom stereocenters. The fourth-order valence-corrected chi connectivity index (χ4v) is 1.85. The van der Waals surface area contributed by atoms with Crippen molar-refractivity contribution in [3.05, 3.63) is 71.2 Å². The van der Waals surface area contributed by atoms with E-state index in [1.54, 1.807) is 6.08 Å². The zero-order valence-electron chi connectivity index (χ0n) is 13.0. The van der Waals surface area contributed by atoms with Crippen molar-refractivity contribution in [2.45, 2.75) is 33.6 Å². The van der Waals surface area contributed by atoms with Crippen molar-refractivity contribution in [2.24, 2.45) is 5.18 Å². The number of nitroso groups, excluding NO2 is 1. The lowest BCUT2D eigenvalue weighted by atomic mass is 9.96. The van der Waals surface area contributed by atoms with E-state index in [0.717, 1.165) is 16.7 Å². The molecule has 1 aromatic rings. The normalized spacial score (nSPS) is 10.7. The number of nitrogens with zero attached hydrogens (tertiary/aromatic N) is 1. The zero-order valence-corrected chi connectivity index (χ0v) is 13.0. The van der Waals surface area contributed by atoms with Gasteiger partial charge in [0.1, 0.15) is 0 Å². The predicted octanol–water partition coefficient (Wildman–Crippen LogP) is 5.08. The first-order valence-electron chi connectivity index (χ1n) is 7.12. The Hall–Kier alpha value is -2.29. The van der Waals surface area contributed by atoms with Gasteiger partial charge in [0.05, 0.1) is 0 Å². The maximum absolute atomic E-state index is 11.0. The third kappa shape index (κ3) is 6.61. The number of aryl methyl sites for hydroxylation is 1. The van der Waals surface area contributed by atoms with Crippen LogP contribution in [0.5, 0.6) is 0 Å². The summed E-state index contributed by atoms with van der Waals surface area (Å²) >= 11 is 0. The molecule has 21 heavy (non-hydrogen) atoms. The molecule has 0 aliphatic heterocycles. The first-order chi connectivity index (χ1) is 10.2. The Labute approximate surface area is 127 Å². The molecule has 1 rings (SSSR count). The van der Waals surface area contributed by atoms with Crippen LogP contribution in [0.1, 0.15) is 38.3 Å². The van der Waals surface area contributed by atoms with Gasteiger partial charge in [0.25, 0.3) is 5.91 Å². The molecule has 3 heteroatoms. The fraction of sp³-hybridized carbons (Fsp3) is 0.278. The van der Waals surface area contributed by atoms with E-state index in [2.05, 4.69) is 11.8 Å². The van der Waals surface area contributed by atoms with E-state index >= 15 is 0 Å². The quantitative estimate of drug-likeness (QED) is 0.540. The van der Waals surface area contributed by atoms with Gasteiger partial charge in [-0.1, -0.05) is 69.0 Å². The SMILES string of the molecule is C=C/C=C(\C=C/C)c1ccccc1CCC(=O)N=O.CC. The van der Waals surface area contributed by atoms with Gasteiger partial charge in [0, 0.05) is 11.6 Å². The molecule has 1 aromatic carbocycles. The fourth-order valence-electron chi connectivity index (χ4n) is 1.85. The Morgan fingerprint density at radius 2 is 1.95 bits per heavy atom. The molecule has 0 atom stereocenters. The first kappa shape index (κ1) is 18.7. The summed E-state index contributed by atoms with van der Waals surface area (Å²) in [5.74, 6) is -0.616. The second-order valence-corrected chi connectivity index (χ2v) is 4.00. The van der Waals surface area contributed by atoms with Crippen LogP contribution in [0.15, 0.2) is 60.3 Å². The summed E-state index contributed by atoms with van der Waals surface area (Å²) < 4.78 is 0. The van der Waals surface area contributed by atoms with Crippen LogP contribution in [-0.4, -0.2) is 5.91 Å². The Kier molecular flexibility index (Phi) is 10.3. The van der Waals surface area contributed by atoms with E-state index in [4.69, 9.17) is 0 Å². The number of hydrogen-bond acceptors (Lipinski definition) is 2. The summed E-state index contributed by atoms with van der Waals surface area (Å²) in [6.45, 7) is 9.65.